The fourth-order valence-electron chi connectivity index (χ4n) is 1.13. The average molecular weight is 249 g/mol. The van der Waals surface area contributed by atoms with Gasteiger partial charge in [0.25, 0.3) is 0 Å². The second-order valence-electron chi connectivity index (χ2n) is 3.33. The molecule has 0 aromatic heterocycles. The molecule has 100 valence electrons. The van der Waals surface area contributed by atoms with Crippen LogP contribution in [0.4, 0.5) is 0 Å². The number of aliphatic hydroxyl groups excluding tert-OH is 1. The zero-order valence-electron chi connectivity index (χ0n) is 10.0. The quantitative estimate of drug-likeness (QED) is 0.126. The number of ether oxygens (including phenoxy) is 1. The lowest BCUT2D eigenvalue weighted by atomic mass is 10.2. The lowest BCUT2D eigenvalue weighted by Gasteiger charge is -2.12. The number of carbonyl (C=O) groups is 1. The molecular weight excluding hydrogens is 228 g/mol. The van der Waals surface area contributed by atoms with Crippen LogP contribution in [-0.4, -0.2) is 62.0 Å². The van der Waals surface area contributed by atoms with Crippen LogP contribution in [0.25, 0.3) is 0 Å². The van der Waals surface area contributed by atoms with Gasteiger partial charge in [0.05, 0.1) is 19.1 Å². The molecule has 0 aliphatic rings. The molecule has 0 aliphatic carbocycles. The molecule has 17 heavy (non-hydrogen) atoms. The van der Waals surface area contributed by atoms with Crippen LogP contribution in [0.15, 0.2) is 0 Å². The van der Waals surface area contributed by atoms with Gasteiger partial charge in [-0.3, -0.25) is 4.79 Å². The summed E-state index contributed by atoms with van der Waals surface area (Å²) < 4.78 is 8.95. The fourth-order valence-corrected chi connectivity index (χ4v) is 1.13. The molecule has 0 saturated carbocycles. The topological polar surface area (TPSA) is 102 Å². The first-order valence-corrected chi connectivity index (χ1v) is 5.51. The Morgan fingerprint density at radius 2 is 2.29 bits per heavy atom. The number of likely N-dealkylation sites (N-methyl/N-ethyl adjacent to an activating group) is 1. The van der Waals surface area contributed by atoms with Gasteiger partial charge in [-0.2, -0.15) is 5.26 Å². The molecule has 0 fully saturated rings. The number of aldehydes is 1. The predicted molar refractivity (Wildman–Crippen MR) is 61.7 cm³/mol. The van der Waals surface area contributed by atoms with E-state index >= 15 is 0 Å². The maximum absolute atomic E-state index is 11.5. The van der Waals surface area contributed by atoms with Crippen molar-refractivity contribution < 1.29 is 24.5 Å². The van der Waals surface area contributed by atoms with Crippen molar-refractivity contribution in [3.05, 3.63) is 0 Å². The summed E-state index contributed by atoms with van der Waals surface area (Å²) in [5.74, 6) is -0.188. The predicted octanol–water partition coefficient (Wildman–Crippen LogP) is -1.31. The van der Waals surface area contributed by atoms with Crippen LogP contribution in [0.5, 0.6) is 0 Å². The lowest BCUT2D eigenvalue weighted by Crippen LogP contribution is -2.43. The highest BCUT2D eigenvalue weighted by molar-refractivity contribution is 5.83. The van der Waals surface area contributed by atoms with Gasteiger partial charge >= 0.3 is 6.29 Å². The van der Waals surface area contributed by atoms with Gasteiger partial charge in [0.15, 0.2) is 0 Å². The number of aliphatic hydroxyl groups is 1. The molecule has 0 saturated heterocycles. The smallest absolute Gasteiger partial charge is 0.376 e. The van der Waals surface area contributed by atoms with Crippen molar-refractivity contribution in [1.29, 1.82) is 0 Å². The second kappa shape index (κ2) is 11.3. The third kappa shape index (κ3) is 8.61. The van der Waals surface area contributed by atoms with Gasteiger partial charge in [0, 0.05) is 24.3 Å². The standard InChI is InChI=1S/C10H20N2O5/c1-11-9(3-7-17-15)10(14)12-4-8-16-6-2-5-13/h7,9,11,13,15H,2-6,8H2,1H3/p+1. The van der Waals surface area contributed by atoms with Gasteiger partial charge in [-0.25, -0.2) is 0 Å². The van der Waals surface area contributed by atoms with E-state index in [-0.39, 0.29) is 18.9 Å². The van der Waals surface area contributed by atoms with Gasteiger partial charge in [0.2, 0.25) is 5.91 Å². The summed E-state index contributed by atoms with van der Waals surface area (Å²) in [4.78, 5) is 11.5. The van der Waals surface area contributed by atoms with E-state index in [0.717, 1.165) is 6.29 Å². The minimum Gasteiger partial charge on any atom is -0.396 e. The average Bonchev–Trinajstić information content (AvgIpc) is 2.34. The van der Waals surface area contributed by atoms with Crippen LogP contribution < -0.4 is 10.6 Å². The molecule has 7 heteroatoms. The van der Waals surface area contributed by atoms with Gasteiger partial charge in [-0.05, 0) is 13.5 Å². The van der Waals surface area contributed by atoms with E-state index in [4.69, 9.17) is 15.1 Å². The Bertz CT molecular complexity index is 223. The van der Waals surface area contributed by atoms with Crippen LogP contribution >= 0.6 is 0 Å². The monoisotopic (exact) mass is 249 g/mol. The third-order valence-electron chi connectivity index (χ3n) is 2.06. The second-order valence-corrected chi connectivity index (χ2v) is 3.33. The molecule has 0 aromatic carbocycles. The third-order valence-corrected chi connectivity index (χ3v) is 2.06. The van der Waals surface area contributed by atoms with E-state index in [9.17, 15) is 4.79 Å². The molecule has 0 aliphatic heterocycles. The lowest BCUT2D eigenvalue weighted by molar-refractivity contribution is -0.734. The number of rotatable bonds is 10. The molecule has 1 amide bonds. The summed E-state index contributed by atoms with van der Waals surface area (Å²) in [6.07, 6.45) is 2.00. The molecule has 0 bridgehead atoms. The first kappa shape index (κ1) is 15.8. The van der Waals surface area contributed by atoms with Crippen LogP contribution in [0.1, 0.15) is 12.8 Å². The molecule has 4 N–H and O–H groups in total. The molecule has 0 heterocycles. The minimum absolute atomic E-state index is 0.102. The van der Waals surface area contributed by atoms with Gasteiger partial charge in [0.1, 0.15) is 0 Å². The van der Waals surface area contributed by atoms with E-state index in [2.05, 4.69) is 15.2 Å². The van der Waals surface area contributed by atoms with Gasteiger partial charge < -0.3 is 20.5 Å². The molecule has 0 radical (unpaired) electrons. The Morgan fingerprint density at radius 3 is 2.88 bits per heavy atom. The van der Waals surface area contributed by atoms with Crippen molar-refractivity contribution in [1.82, 2.24) is 10.6 Å². The Hall–Kier alpha value is -1.18. The molecule has 7 nitrogen and oxygen atoms in total. The number of nitrogens with one attached hydrogen (secondary N) is 2. The molecule has 1 unspecified atom stereocenters. The van der Waals surface area contributed by atoms with Crippen molar-refractivity contribution >= 4 is 12.2 Å². The van der Waals surface area contributed by atoms with Crippen molar-refractivity contribution in [2.24, 2.45) is 0 Å². The van der Waals surface area contributed by atoms with Crippen molar-refractivity contribution in [3.63, 3.8) is 0 Å². The van der Waals surface area contributed by atoms with E-state index < -0.39 is 6.04 Å². The molecule has 0 aromatic rings. The Labute approximate surface area is 100 Å². The summed E-state index contributed by atoms with van der Waals surface area (Å²) in [5.41, 5.74) is 0. The first-order valence-electron chi connectivity index (χ1n) is 5.51. The Kier molecular flexibility index (Phi) is 10.5. The van der Waals surface area contributed by atoms with Crippen LogP contribution in [0.3, 0.4) is 0 Å². The van der Waals surface area contributed by atoms with E-state index in [0.29, 0.717) is 26.2 Å². The van der Waals surface area contributed by atoms with Crippen molar-refractivity contribution in [2.75, 3.05) is 33.4 Å². The normalized spacial score (nSPS) is 12.8. The highest BCUT2D eigenvalue weighted by Crippen LogP contribution is 1.88. The number of carbonyl (C=O) groups excluding carboxylic acids is 2. The highest BCUT2D eigenvalue weighted by atomic mass is 17.1. The van der Waals surface area contributed by atoms with E-state index in [1.807, 2.05) is 0 Å². The van der Waals surface area contributed by atoms with Crippen molar-refractivity contribution in [2.45, 2.75) is 18.9 Å². The summed E-state index contributed by atoms with van der Waals surface area (Å²) in [6, 6.07) is -0.445. The number of hydrogen-bond donors (Lipinski definition) is 4. The van der Waals surface area contributed by atoms with Gasteiger partial charge in [-0.1, -0.05) is 0 Å². The van der Waals surface area contributed by atoms with Crippen LogP contribution in [0, 0.1) is 0 Å². The van der Waals surface area contributed by atoms with Crippen molar-refractivity contribution in [3.8, 4) is 0 Å². The maximum Gasteiger partial charge on any atom is 0.376 e. The molecular formula is C10H21N2O5+. The largest absolute Gasteiger partial charge is 0.396 e. The molecule has 1 atom stereocenters. The molecule has 0 spiro atoms. The first-order chi connectivity index (χ1) is 8.26. The fraction of sp³-hybridized carbons (Fsp3) is 0.800. The SMILES string of the molecule is CNC(CC=[O+]O)C(=O)NCCOCCCO. The molecule has 0 rings (SSSR count). The summed E-state index contributed by atoms with van der Waals surface area (Å²) in [5, 5.41) is 22.1. The Balaban J connectivity index is 3.61. The van der Waals surface area contributed by atoms with E-state index in [1.54, 1.807) is 7.05 Å². The zero-order valence-corrected chi connectivity index (χ0v) is 10.0. The summed E-state index contributed by atoms with van der Waals surface area (Å²) in [6.45, 7) is 1.39. The summed E-state index contributed by atoms with van der Waals surface area (Å²) in [7, 11) is 1.65. The number of hydrogen-bond acceptors (Lipinski definition) is 5. The number of amides is 1. The zero-order chi connectivity index (χ0) is 12.9. The van der Waals surface area contributed by atoms with Gasteiger partial charge in [-0.15, -0.1) is 0 Å². The van der Waals surface area contributed by atoms with E-state index in [1.165, 1.54) is 0 Å². The van der Waals surface area contributed by atoms with Crippen LogP contribution in [0.2, 0.25) is 0 Å². The Morgan fingerprint density at radius 1 is 1.53 bits per heavy atom. The minimum atomic E-state index is -0.445. The maximum atomic E-state index is 11.5. The summed E-state index contributed by atoms with van der Waals surface area (Å²) >= 11 is 0. The highest BCUT2D eigenvalue weighted by Gasteiger charge is 2.17. The van der Waals surface area contributed by atoms with Crippen LogP contribution in [-0.2, 0) is 14.1 Å².